The molecule has 0 spiro atoms. The first kappa shape index (κ1) is 21.2. The standard InChI is InChI=1S/C13H29O3P.Mg.2H/c1-2-3-4-5-6-7-8-9-10-11-12-13-17(14,15)16;;;/h2-13H2,1H3,(H2,14,15,16);;;. The van der Waals surface area contributed by atoms with Crippen molar-refractivity contribution in [3.05, 3.63) is 0 Å². The van der Waals surface area contributed by atoms with Crippen molar-refractivity contribution in [2.24, 2.45) is 0 Å². The Morgan fingerprint density at radius 2 is 1.06 bits per heavy atom. The van der Waals surface area contributed by atoms with E-state index in [2.05, 4.69) is 6.92 Å². The maximum atomic E-state index is 10.6. The lowest BCUT2D eigenvalue weighted by molar-refractivity contribution is 0.370. The molecule has 0 aromatic carbocycles. The van der Waals surface area contributed by atoms with Gasteiger partial charge in [0.25, 0.3) is 0 Å². The van der Waals surface area contributed by atoms with Gasteiger partial charge in [0.05, 0.1) is 0 Å². The van der Waals surface area contributed by atoms with Crippen LogP contribution in [0.3, 0.4) is 0 Å². The molecule has 0 rings (SSSR count). The third-order valence-corrected chi connectivity index (χ3v) is 3.95. The van der Waals surface area contributed by atoms with Crippen LogP contribution in [0.4, 0.5) is 0 Å². The first-order chi connectivity index (χ1) is 8.06. The highest BCUT2D eigenvalue weighted by Gasteiger charge is 2.10. The molecule has 108 valence electrons. The van der Waals surface area contributed by atoms with E-state index in [-0.39, 0.29) is 29.2 Å². The molecule has 0 atom stereocenters. The summed E-state index contributed by atoms with van der Waals surface area (Å²) >= 11 is 0. The van der Waals surface area contributed by atoms with E-state index in [9.17, 15) is 4.57 Å². The fourth-order valence-electron chi connectivity index (χ4n) is 1.98. The zero-order valence-corrected chi connectivity index (χ0v) is 12.1. The van der Waals surface area contributed by atoms with Gasteiger partial charge in [0.2, 0.25) is 0 Å². The van der Waals surface area contributed by atoms with Gasteiger partial charge in [-0.3, -0.25) is 4.57 Å². The molecule has 0 amide bonds. The van der Waals surface area contributed by atoms with Crippen LogP contribution >= 0.6 is 7.60 Å². The summed E-state index contributed by atoms with van der Waals surface area (Å²) in [6.45, 7) is 2.23. The molecule has 0 heterocycles. The van der Waals surface area contributed by atoms with Crippen molar-refractivity contribution in [2.45, 2.75) is 77.6 Å². The van der Waals surface area contributed by atoms with Crippen LogP contribution in [0.5, 0.6) is 0 Å². The monoisotopic (exact) mass is 290 g/mol. The molecule has 0 aromatic rings. The Kier molecular flexibility index (Phi) is 16.9. The number of hydrogen-bond acceptors (Lipinski definition) is 1. The Balaban J connectivity index is 0. The summed E-state index contributed by atoms with van der Waals surface area (Å²) in [6.07, 6.45) is 13.4. The second-order valence-electron chi connectivity index (χ2n) is 4.92. The maximum Gasteiger partial charge on any atom is 0.325 e. The molecular formula is C13H31MgO3P. The van der Waals surface area contributed by atoms with Crippen LogP contribution in [0, 0.1) is 0 Å². The van der Waals surface area contributed by atoms with Crippen LogP contribution in [0.2, 0.25) is 0 Å². The fraction of sp³-hybridized carbons (Fsp3) is 1.00. The van der Waals surface area contributed by atoms with E-state index in [4.69, 9.17) is 9.79 Å². The molecule has 5 heteroatoms. The van der Waals surface area contributed by atoms with E-state index >= 15 is 0 Å². The number of rotatable bonds is 12. The van der Waals surface area contributed by atoms with Crippen molar-refractivity contribution in [3.8, 4) is 0 Å². The highest BCUT2D eigenvalue weighted by atomic mass is 31.2. The van der Waals surface area contributed by atoms with Gasteiger partial charge >= 0.3 is 30.6 Å². The molecule has 0 saturated heterocycles. The summed E-state index contributed by atoms with van der Waals surface area (Å²) in [5.41, 5.74) is 0. The van der Waals surface area contributed by atoms with Gasteiger partial charge in [-0.2, -0.15) is 0 Å². The average molecular weight is 291 g/mol. The van der Waals surface area contributed by atoms with Crippen LogP contribution in [0.1, 0.15) is 77.6 Å². The number of unbranched alkanes of at least 4 members (excludes halogenated alkanes) is 10. The highest BCUT2D eigenvalue weighted by Crippen LogP contribution is 2.35. The predicted molar refractivity (Wildman–Crippen MR) is 81.9 cm³/mol. The quantitative estimate of drug-likeness (QED) is 0.328. The minimum Gasteiger partial charge on any atom is -0.324 e. The summed E-state index contributed by atoms with van der Waals surface area (Å²) in [4.78, 5) is 17.3. The van der Waals surface area contributed by atoms with E-state index in [0.717, 1.165) is 12.8 Å². The molecule has 0 aliphatic rings. The summed E-state index contributed by atoms with van der Waals surface area (Å²) in [7, 11) is -3.74. The van der Waals surface area contributed by atoms with E-state index in [0.29, 0.717) is 6.42 Å². The Morgan fingerprint density at radius 3 is 1.39 bits per heavy atom. The van der Waals surface area contributed by atoms with E-state index in [1.165, 1.54) is 51.4 Å². The Hall–Kier alpha value is 0.916. The topological polar surface area (TPSA) is 57.5 Å². The third-order valence-electron chi connectivity index (χ3n) is 3.05. The van der Waals surface area contributed by atoms with Gasteiger partial charge in [0.15, 0.2) is 0 Å². The lowest BCUT2D eigenvalue weighted by Crippen LogP contribution is -1.88. The van der Waals surface area contributed by atoms with Gasteiger partial charge in [0, 0.05) is 6.16 Å². The van der Waals surface area contributed by atoms with Crippen LogP contribution in [0.15, 0.2) is 0 Å². The molecule has 0 unspecified atom stereocenters. The first-order valence-corrected chi connectivity index (χ1v) is 8.90. The lowest BCUT2D eigenvalue weighted by atomic mass is 10.1. The third kappa shape index (κ3) is 19.3. The van der Waals surface area contributed by atoms with Gasteiger partial charge in [-0.1, -0.05) is 71.1 Å². The van der Waals surface area contributed by atoms with Crippen molar-refractivity contribution >= 4 is 30.6 Å². The van der Waals surface area contributed by atoms with Crippen LogP contribution < -0.4 is 0 Å². The molecular weight excluding hydrogens is 259 g/mol. The maximum absolute atomic E-state index is 10.6. The average Bonchev–Trinajstić information content (AvgIpc) is 2.24. The molecule has 2 N–H and O–H groups in total. The number of hydrogen-bond donors (Lipinski definition) is 2. The molecule has 0 aromatic heterocycles. The minimum absolute atomic E-state index is 0. The largest absolute Gasteiger partial charge is 0.325 e. The first-order valence-electron chi connectivity index (χ1n) is 7.11. The normalized spacial score (nSPS) is 11.3. The Morgan fingerprint density at radius 1 is 0.722 bits per heavy atom. The molecule has 0 radical (unpaired) electrons. The minimum atomic E-state index is -3.74. The van der Waals surface area contributed by atoms with Gasteiger partial charge in [-0.25, -0.2) is 0 Å². The van der Waals surface area contributed by atoms with Crippen molar-refractivity contribution in [1.82, 2.24) is 0 Å². The predicted octanol–water partition coefficient (Wildman–Crippen LogP) is 3.56. The van der Waals surface area contributed by atoms with E-state index in [1.807, 2.05) is 0 Å². The van der Waals surface area contributed by atoms with Crippen LogP contribution in [-0.4, -0.2) is 39.0 Å². The van der Waals surface area contributed by atoms with E-state index < -0.39 is 7.60 Å². The van der Waals surface area contributed by atoms with Crippen LogP contribution in [-0.2, 0) is 4.57 Å². The zero-order chi connectivity index (χ0) is 13.0. The summed E-state index contributed by atoms with van der Waals surface area (Å²) in [6, 6.07) is 0. The highest BCUT2D eigenvalue weighted by molar-refractivity contribution is 7.51. The van der Waals surface area contributed by atoms with Gasteiger partial charge < -0.3 is 9.79 Å². The molecule has 18 heavy (non-hydrogen) atoms. The molecule has 0 bridgehead atoms. The molecule has 3 nitrogen and oxygen atoms in total. The molecule has 0 fully saturated rings. The van der Waals surface area contributed by atoms with Crippen molar-refractivity contribution in [3.63, 3.8) is 0 Å². The van der Waals surface area contributed by atoms with Crippen molar-refractivity contribution in [2.75, 3.05) is 6.16 Å². The molecule has 0 aliphatic heterocycles. The van der Waals surface area contributed by atoms with Gasteiger partial charge in [-0.05, 0) is 6.42 Å². The van der Waals surface area contributed by atoms with Crippen molar-refractivity contribution in [1.29, 1.82) is 0 Å². The Bertz CT molecular complexity index is 206. The molecule has 0 saturated carbocycles. The van der Waals surface area contributed by atoms with E-state index in [1.54, 1.807) is 0 Å². The SMILES string of the molecule is CCCCCCCCCCCCCP(=O)(O)O.[MgH2]. The van der Waals surface area contributed by atoms with Crippen LogP contribution in [0.25, 0.3) is 0 Å². The summed E-state index contributed by atoms with van der Waals surface area (Å²) in [5.74, 6) is 0. The Labute approximate surface area is 128 Å². The second kappa shape index (κ2) is 14.3. The summed E-state index contributed by atoms with van der Waals surface area (Å²) in [5, 5.41) is 0. The zero-order valence-electron chi connectivity index (χ0n) is 11.2. The van der Waals surface area contributed by atoms with Gasteiger partial charge in [0.1, 0.15) is 0 Å². The fourth-order valence-corrected chi connectivity index (χ4v) is 2.62. The van der Waals surface area contributed by atoms with Crippen molar-refractivity contribution < 1.29 is 14.4 Å². The smallest absolute Gasteiger partial charge is 0.324 e. The molecule has 0 aliphatic carbocycles. The lowest BCUT2D eigenvalue weighted by Gasteiger charge is -2.04. The van der Waals surface area contributed by atoms with Gasteiger partial charge in [-0.15, -0.1) is 0 Å². The second-order valence-corrected chi connectivity index (χ2v) is 6.70. The summed E-state index contributed by atoms with van der Waals surface area (Å²) < 4.78 is 10.6.